The van der Waals surface area contributed by atoms with Gasteiger partial charge in [-0.05, 0) is 150 Å². The summed E-state index contributed by atoms with van der Waals surface area (Å²) in [4.78, 5) is 2.36. The highest BCUT2D eigenvalue weighted by Gasteiger charge is 2.16. The lowest BCUT2D eigenvalue weighted by molar-refractivity contribution is 0.669. The van der Waals surface area contributed by atoms with Crippen LogP contribution in [-0.4, -0.2) is 0 Å². The van der Waals surface area contributed by atoms with Crippen LogP contribution in [0.2, 0.25) is 0 Å². The molecular weight excluding hydrogens is 799 g/mol. The van der Waals surface area contributed by atoms with Gasteiger partial charge in [0.2, 0.25) is 0 Å². The smallest absolute Gasteiger partial charge is 0.135 e. The van der Waals surface area contributed by atoms with E-state index in [1.54, 1.807) is 0 Å². The van der Waals surface area contributed by atoms with Gasteiger partial charge in [-0.2, -0.15) is 0 Å². The third-order valence-corrected chi connectivity index (χ3v) is 12.9. The highest BCUT2D eigenvalue weighted by Crippen LogP contribution is 2.40. The van der Waals surface area contributed by atoms with Gasteiger partial charge >= 0.3 is 0 Å². The van der Waals surface area contributed by atoms with Crippen molar-refractivity contribution in [2.75, 3.05) is 4.90 Å². The summed E-state index contributed by atoms with van der Waals surface area (Å²) in [6.45, 7) is 0. The fourth-order valence-corrected chi connectivity index (χ4v) is 9.39. The topological polar surface area (TPSA) is 16.4 Å². The number of benzene rings is 11. The van der Waals surface area contributed by atoms with Crippen LogP contribution in [0.15, 0.2) is 265 Å². The minimum atomic E-state index is 0.902. The van der Waals surface area contributed by atoms with E-state index >= 15 is 0 Å². The van der Waals surface area contributed by atoms with E-state index in [0.29, 0.717) is 0 Å². The van der Waals surface area contributed by atoms with Crippen LogP contribution in [0.1, 0.15) is 0 Å². The molecule has 0 amide bonds. The van der Waals surface area contributed by atoms with Crippen molar-refractivity contribution in [3.63, 3.8) is 0 Å². The maximum atomic E-state index is 6.14. The average Bonchev–Trinajstić information content (AvgIpc) is 3.78. The van der Waals surface area contributed by atoms with Gasteiger partial charge in [-0.3, -0.25) is 0 Å². The van der Waals surface area contributed by atoms with Gasteiger partial charge in [-0.25, -0.2) is 0 Å². The zero-order chi connectivity index (χ0) is 43.8. The zero-order valence-corrected chi connectivity index (χ0v) is 36.2. The van der Waals surface area contributed by atoms with E-state index < -0.39 is 0 Å². The minimum Gasteiger partial charge on any atom is -0.456 e. The number of para-hydroxylation sites is 1. The Balaban J connectivity index is 0.869. The first-order chi connectivity index (χ1) is 32.7. The van der Waals surface area contributed by atoms with Gasteiger partial charge in [-0.15, -0.1) is 0 Å². The van der Waals surface area contributed by atoms with Crippen molar-refractivity contribution >= 4 is 49.8 Å². The van der Waals surface area contributed by atoms with Crippen molar-refractivity contribution in [3.8, 4) is 66.8 Å². The molecule has 0 aliphatic heterocycles. The highest BCUT2D eigenvalue weighted by atomic mass is 16.3. The monoisotopic (exact) mass is 841 g/mol. The van der Waals surface area contributed by atoms with Crippen LogP contribution in [-0.2, 0) is 0 Å². The molecule has 0 saturated carbocycles. The maximum Gasteiger partial charge on any atom is 0.135 e. The zero-order valence-electron chi connectivity index (χ0n) is 36.2. The normalized spacial score (nSPS) is 11.3. The van der Waals surface area contributed by atoms with Gasteiger partial charge < -0.3 is 9.32 Å². The van der Waals surface area contributed by atoms with Crippen molar-refractivity contribution in [1.29, 1.82) is 0 Å². The largest absolute Gasteiger partial charge is 0.456 e. The lowest BCUT2D eigenvalue weighted by atomic mass is 9.96. The Kier molecular flexibility index (Phi) is 9.89. The number of hydrogen-bond acceptors (Lipinski definition) is 2. The molecule has 0 N–H and O–H groups in total. The molecule has 2 heteroatoms. The summed E-state index contributed by atoms with van der Waals surface area (Å²) in [5, 5.41) is 4.77. The van der Waals surface area contributed by atoms with Crippen LogP contribution in [0, 0.1) is 0 Å². The first-order valence-electron chi connectivity index (χ1n) is 22.5. The molecule has 0 atom stereocenters. The standard InChI is InChI=1S/C64H43NO/c1-2-11-44(12-3-1)51-15-8-17-53(39-51)55-19-10-20-60(42-55)65(59-36-31-49(32-37-59)57-33-38-64-62(43-57)61-21-6-7-22-63(61)66-64)58-34-29-47(30-35-58)46-23-25-48(26-24-46)52-16-9-18-54(40-52)56-28-27-45-13-4-5-14-50(45)41-56/h1-43H. The molecule has 12 rings (SSSR count). The average molecular weight is 842 g/mol. The van der Waals surface area contributed by atoms with Gasteiger partial charge in [0, 0.05) is 27.8 Å². The summed E-state index contributed by atoms with van der Waals surface area (Å²) < 4.78 is 6.14. The second-order valence-electron chi connectivity index (χ2n) is 17.0. The third kappa shape index (κ3) is 7.51. The number of nitrogens with zero attached hydrogens (tertiary/aromatic N) is 1. The summed E-state index contributed by atoms with van der Waals surface area (Å²) in [5.41, 5.74) is 19.3. The van der Waals surface area contributed by atoms with Gasteiger partial charge in [0.25, 0.3) is 0 Å². The van der Waals surface area contributed by atoms with Crippen molar-refractivity contribution in [1.82, 2.24) is 0 Å². The molecule has 0 aliphatic carbocycles. The molecule has 0 bridgehead atoms. The summed E-state index contributed by atoms with van der Waals surface area (Å²) in [6, 6.07) is 94.0. The minimum absolute atomic E-state index is 0.902. The van der Waals surface area contributed by atoms with Crippen LogP contribution < -0.4 is 4.90 Å². The van der Waals surface area contributed by atoms with Crippen molar-refractivity contribution in [2.24, 2.45) is 0 Å². The molecule has 0 radical (unpaired) electrons. The molecule has 1 heterocycles. The van der Waals surface area contributed by atoms with E-state index in [4.69, 9.17) is 4.42 Å². The van der Waals surface area contributed by atoms with Crippen LogP contribution in [0.5, 0.6) is 0 Å². The second-order valence-corrected chi connectivity index (χ2v) is 17.0. The Morgan fingerprint density at radius 2 is 0.621 bits per heavy atom. The van der Waals surface area contributed by atoms with Crippen LogP contribution in [0.3, 0.4) is 0 Å². The molecule has 0 saturated heterocycles. The Bertz CT molecular complexity index is 3680. The molecular formula is C64H43NO. The maximum absolute atomic E-state index is 6.14. The van der Waals surface area contributed by atoms with E-state index in [1.807, 2.05) is 12.1 Å². The van der Waals surface area contributed by atoms with E-state index in [0.717, 1.165) is 55.7 Å². The summed E-state index contributed by atoms with van der Waals surface area (Å²) in [6.07, 6.45) is 0. The molecule has 1 aromatic heterocycles. The quantitative estimate of drug-likeness (QED) is 0.144. The second kappa shape index (κ2) is 16.8. The molecule has 310 valence electrons. The molecule has 66 heavy (non-hydrogen) atoms. The predicted octanol–water partition coefficient (Wildman–Crippen LogP) is 18.2. The molecule has 11 aromatic carbocycles. The Labute approximate surface area is 384 Å². The van der Waals surface area contributed by atoms with E-state index in [2.05, 4.69) is 254 Å². The van der Waals surface area contributed by atoms with Gasteiger partial charge in [0.1, 0.15) is 11.2 Å². The number of furan rings is 1. The molecule has 0 aliphatic rings. The molecule has 0 spiro atoms. The number of fused-ring (bicyclic) bond motifs is 4. The Hall–Kier alpha value is -8.72. The fraction of sp³-hybridized carbons (Fsp3) is 0. The summed E-state index contributed by atoms with van der Waals surface area (Å²) in [5.74, 6) is 0. The predicted molar refractivity (Wildman–Crippen MR) is 279 cm³/mol. The van der Waals surface area contributed by atoms with Crippen LogP contribution in [0.4, 0.5) is 17.1 Å². The first-order valence-corrected chi connectivity index (χ1v) is 22.5. The Morgan fingerprint density at radius 1 is 0.212 bits per heavy atom. The SMILES string of the molecule is c1ccc(-c2cccc(-c3cccc(N(c4ccc(-c5ccc(-c6cccc(-c7ccc8ccccc8c7)c6)cc5)cc4)c4ccc(-c5ccc6oc7ccccc7c6c5)cc4)c3)c2)cc1. The van der Waals surface area contributed by atoms with Gasteiger partial charge in [0.15, 0.2) is 0 Å². The van der Waals surface area contributed by atoms with Gasteiger partial charge in [-0.1, -0.05) is 188 Å². The van der Waals surface area contributed by atoms with E-state index in [9.17, 15) is 0 Å². The number of hydrogen-bond donors (Lipinski definition) is 0. The highest BCUT2D eigenvalue weighted by molar-refractivity contribution is 6.06. The molecule has 0 unspecified atom stereocenters. The van der Waals surface area contributed by atoms with Crippen molar-refractivity contribution in [3.05, 3.63) is 261 Å². The third-order valence-electron chi connectivity index (χ3n) is 12.9. The van der Waals surface area contributed by atoms with E-state index in [1.165, 1.54) is 60.8 Å². The Morgan fingerprint density at radius 3 is 1.27 bits per heavy atom. The molecule has 12 aromatic rings. The van der Waals surface area contributed by atoms with Crippen LogP contribution >= 0.6 is 0 Å². The van der Waals surface area contributed by atoms with Gasteiger partial charge in [0.05, 0.1) is 0 Å². The van der Waals surface area contributed by atoms with Crippen molar-refractivity contribution < 1.29 is 4.42 Å². The number of rotatable bonds is 9. The summed E-state index contributed by atoms with van der Waals surface area (Å²) >= 11 is 0. The fourth-order valence-electron chi connectivity index (χ4n) is 9.39. The molecule has 0 fully saturated rings. The first kappa shape index (κ1) is 38.9. The lowest BCUT2D eigenvalue weighted by Crippen LogP contribution is -2.10. The number of anilines is 3. The van der Waals surface area contributed by atoms with Crippen LogP contribution in [0.25, 0.3) is 99.5 Å². The van der Waals surface area contributed by atoms with E-state index in [-0.39, 0.29) is 0 Å². The summed E-state index contributed by atoms with van der Waals surface area (Å²) in [7, 11) is 0. The lowest BCUT2D eigenvalue weighted by Gasteiger charge is -2.26. The van der Waals surface area contributed by atoms with Crippen molar-refractivity contribution in [2.45, 2.75) is 0 Å². The molecule has 2 nitrogen and oxygen atoms in total.